The number of rotatable bonds is 2. The normalized spacial score (nSPS) is 26.8. The molecule has 11 heavy (non-hydrogen) atoms. The second-order valence-corrected chi connectivity index (χ2v) is 4.76. The third kappa shape index (κ3) is 3.95. The van der Waals surface area contributed by atoms with Crippen LogP contribution < -0.4 is 5.14 Å². The van der Waals surface area contributed by atoms with Crippen molar-refractivity contribution in [2.45, 2.75) is 18.9 Å². The molecule has 6 heteroatoms. The molecule has 2 N–H and O–H groups in total. The van der Waals surface area contributed by atoms with Crippen LogP contribution in [0.4, 0.5) is 0 Å². The molecule has 0 amide bonds. The van der Waals surface area contributed by atoms with Crippen molar-refractivity contribution in [3.63, 3.8) is 0 Å². The standard InChI is InChI=1S/C5H11NO3S2/c6-11(7,8)9-5-2-1-3-10-4-5/h5H,1-4H2,(H2,6,7,8). The van der Waals surface area contributed by atoms with Crippen LogP contribution in [0.25, 0.3) is 0 Å². The number of thioether (sulfide) groups is 1. The molecule has 4 nitrogen and oxygen atoms in total. The summed E-state index contributed by atoms with van der Waals surface area (Å²) in [6.45, 7) is 0. The summed E-state index contributed by atoms with van der Waals surface area (Å²) in [4.78, 5) is 0. The first kappa shape index (κ1) is 9.31. The maximum absolute atomic E-state index is 10.4. The molecule has 1 atom stereocenters. The average Bonchev–Trinajstić information content (AvgIpc) is 1.85. The van der Waals surface area contributed by atoms with Gasteiger partial charge in [0.1, 0.15) is 0 Å². The molecule has 0 aliphatic carbocycles. The van der Waals surface area contributed by atoms with Crippen molar-refractivity contribution in [1.82, 2.24) is 0 Å². The lowest BCUT2D eigenvalue weighted by molar-refractivity contribution is 0.219. The summed E-state index contributed by atoms with van der Waals surface area (Å²) < 4.78 is 25.5. The lowest BCUT2D eigenvalue weighted by atomic mass is 10.2. The molecule has 0 aromatic carbocycles. The Balaban J connectivity index is 2.36. The van der Waals surface area contributed by atoms with Gasteiger partial charge in [0, 0.05) is 5.75 Å². The molecule has 0 aromatic heterocycles. The lowest BCUT2D eigenvalue weighted by Crippen LogP contribution is -2.27. The fourth-order valence-electron chi connectivity index (χ4n) is 0.977. The Morgan fingerprint density at radius 2 is 2.27 bits per heavy atom. The molecule has 0 radical (unpaired) electrons. The molecular formula is C5H11NO3S2. The highest BCUT2D eigenvalue weighted by Gasteiger charge is 2.18. The fourth-order valence-corrected chi connectivity index (χ4v) is 2.64. The van der Waals surface area contributed by atoms with E-state index in [4.69, 9.17) is 5.14 Å². The van der Waals surface area contributed by atoms with Gasteiger partial charge in [-0.05, 0) is 18.6 Å². The van der Waals surface area contributed by atoms with E-state index in [1.165, 1.54) is 0 Å². The Morgan fingerprint density at radius 1 is 1.55 bits per heavy atom. The van der Waals surface area contributed by atoms with Gasteiger partial charge in [-0.1, -0.05) is 0 Å². The molecule has 0 spiro atoms. The van der Waals surface area contributed by atoms with Crippen LogP contribution in [0.5, 0.6) is 0 Å². The van der Waals surface area contributed by atoms with Gasteiger partial charge in [-0.3, -0.25) is 4.18 Å². The minimum absolute atomic E-state index is 0.205. The molecule has 1 fully saturated rings. The Hall–Kier alpha value is 0.220. The van der Waals surface area contributed by atoms with Gasteiger partial charge in [0.15, 0.2) is 0 Å². The van der Waals surface area contributed by atoms with Crippen LogP contribution in [0, 0.1) is 0 Å². The van der Waals surface area contributed by atoms with Gasteiger partial charge >= 0.3 is 10.3 Å². The van der Waals surface area contributed by atoms with Crippen molar-refractivity contribution in [3.8, 4) is 0 Å². The summed E-state index contributed by atoms with van der Waals surface area (Å²) >= 11 is 1.70. The van der Waals surface area contributed by atoms with Crippen molar-refractivity contribution in [2.75, 3.05) is 11.5 Å². The summed E-state index contributed by atoms with van der Waals surface area (Å²) in [6.07, 6.45) is 1.60. The van der Waals surface area contributed by atoms with Crippen LogP contribution in [-0.2, 0) is 14.5 Å². The summed E-state index contributed by atoms with van der Waals surface area (Å²) in [5.41, 5.74) is 0. The summed E-state index contributed by atoms with van der Waals surface area (Å²) in [7, 11) is -3.74. The molecule has 1 unspecified atom stereocenters. The number of hydrogen-bond donors (Lipinski definition) is 1. The Kier molecular flexibility index (Phi) is 3.17. The van der Waals surface area contributed by atoms with Crippen molar-refractivity contribution in [2.24, 2.45) is 5.14 Å². The Morgan fingerprint density at radius 3 is 2.73 bits per heavy atom. The fraction of sp³-hybridized carbons (Fsp3) is 1.00. The summed E-state index contributed by atoms with van der Waals surface area (Å²) in [5.74, 6) is 1.82. The molecule has 66 valence electrons. The quantitative estimate of drug-likeness (QED) is 0.681. The van der Waals surface area contributed by atoms with E-state index < -0.39 is 10.3 Å². The second kappa shape index (κ2) is 3.75. The molecule has 1 rings (SSSR count). The van der Waals surface area contributed by atoms with Gasteiger partial charge in [0.25, 0.3) is 0 Å². The van der Waals surface area contributed by atoms with E-state index in [0.717, 1.165) is 24.3 Å². The summed E-state index contributed by atoms with van der Waals surface area (Å²) in [6, 6.07) is 0. The van der Waals surface area contributed by atoms with Crippen molar-refractivity contribution in [1.29, 1.82) is 0 Å². The van der Waals surface area contributed by atoms with Gasteiger partial charge in [0.2, 0.25) is 0 Å². The first-order valence-corrected chi connectivity index (χ1v) is 5.99. The van der Waals surface area contributed by atoms with Crippen LogP contribution >= 0.6 is 11.8 Å². The maximum Gasteiger partial charge on any atom is 0.333 e. The Labute approximate surface area is 70.7 Å². The number of hydrogen-bond acceptors (Lipinski definition) is 4. The molecule has 1 saturated heterocycles. The van der Waals surface area contributed by atoms with E-state index >= 15 is 0 Å². The minimum atomic E-state index is -3.74. The molecule has 1 aliphatic heterocycles. The minimum Gasteiger partial charge on any atom is -0.254 e. The average molecular weight is 197 g/mol. The van der Waals surface area contributed by atoms with Crippen LogP contribution in [0.1, 0.15) is 12.8 Å². The van der Waals surface area contributed by atoms with Crippen LogP contribution in [0.15, 0.2) is 0 Å². The lowest BCUT2D eigenvalue weighted by Gasteiger charge is -2.19. The molecule has 1 aliphatic rings. The van der Waals surface area contributed by atoms with E-state index in [-0.39, 0.29) is 6.10 Å². The Bertz CT molecular complexity index is 208. The van der Waals surface area contributed by atoms with E-state index in [1.807, 2.05) is 0 Å². The van der Waals surface area contributed by atoms with Gasteiger partial charge in [0.05, 0.1) is 6.10 Å². The van der Waals surface area contributed by atoms with Gasteiger partial charge in [-0.25, -0.2) is 5.14 Å². The second-order valence-electron chi connectivity index (χ2n) is 2.43. The molecular weight excluding hydrogens is 186 g/mol. The zero-order valence-corrected chi connectivity index (χ0v) is 7.66. The van der Waals surface area contributed by atoms with Crippen molar-refractivity contribution >= 4 is 22.1 Å². The molecule has 1 heterocycles. The van der Waals surface area contributed by atoms with Crippen molar-refractivity contribution < 1.29 is 12.6 Å². The van der Waals surface area contributed by atoms with Gasteiger partial charge < -0.3 is 0 Å². The van der Waals surface area contributed by atoms with Crippen LogP contribution in [-0.4, -0.2) is 26.0 Å². The molecule has 0 bridgehead atoms. The predicted octanol–water partition coefficient (Wildman–Crippen LogP) is 0.102. The zero-order valence-electron chi connectivity index (χ0n) is 6.02. The highest BCUT2D eigenvalue weighted by atomic mass is 32.2. The van der Waals surface area contributed by atoms with E-state index in [0.29, 0.717) is 0 Å². The highest BCUT2D eigenvalue weighted by Crippen LogP contribution is 2.19. The smallest absolute Gasteiger partial charge is 0.254 e. The zero-order chi connectivity index (χ0) is 8.32. The van der Waals surface area contributed by atoms with E-state index in [2.05, 4.69) is 4.18 Å². The highest BCUT2D eigenvalue weighted by molar-refractivity contribution is 7.99. The van der Waals surface area contributed by atoms with Gasteiger partial charge in [-0.15, -0.1) is 0 Å². The first-order valence-electron chi connectivity index (χ1n) is 3.37. The third-order valence-electron chi connectivity index (χ3n) is 1.39. The number of nitrogens with two attached hydrogens (primary N) is 1. The monoisotopic (exact) mass is 197 g/mol. The largest absolute Gasteiger partial charge is 0.333 e. The van der Waals surface area contributed by atoms with E-state index in [9.17, 15) is 8.42 Å². The first-order chi connectivity index (χ1) is 5.08. The topological polar surface area (TPSA) is 69.4 Å². The maximum atomic E-state index is 10.4. The molecule has 0 aromatic rings. The SMILES string of the molecule is NS(=O)(=O)OC1CCCSC1. The van der Waals surface area contributed by atoms with Gasteiger partial charge in [-0.2, -0.15) is 20.2 Å². The summed E-state index contributed by atoms with van der Waals surface area (Å²) in [5, 5.41) is 4.71. The third-order valence-corrected chi connectivity index (χ3v) is 3.11. The predicted molar refractivity (Wildman–Crippen MR) is 44.5 cm³/mol. The molecule has 0 saturated carbocycles. The van der Waals surface area contributed by atoms with Crippen LogP contribution in [0.2, 0.25) is 0 Å². The van der Waals surface area contributed by atoms with Crippen LogP contribution in [0.3, 0.4) is 0 Å². The van der Waals surface area contributed by atoms with E-state index in [1.54, 1.807) is 11.8 Å². The van der Waals surface area contributed by atoms with Crippen molar-refractivity contribution in [3.05, 3.63) is 0 Å².